The molecule has 0 aromatic heterocycles. The lowest BCUT2D eigenvalue weighted by Crippen LogP contribution is -2.54. The van der Waals surface area contributed by atoms with Crippen LogP contribution >= 0.6 is 11.6 Å². The zero-order chi connectivity index (χ0) is 15.2. The van der Waals surface area contributed by atoms with Gasteiger partial charge in [0.25, 0.3) is 0 Å². The van der Waals surface area contributed by atoms with Crippen LogP contribution in [0.3, 0.4) is 0 Å². The number of nitrogens with one attached hydrogen (secondary N) is 1. The second-order valence-corrected chi connectivity index (χ2v) is 5.83. The fourth-order valence-corrected chi connectivity index (χ4v) is 2.96. The molecule has 1 fully saturated rings. The first-order valence-electron chi connectivity index (χ1n) is 7.38. The van der Waals surface area contributed by atoms with Gasteiger partial charge in [0.15, 0.2) is 0 Å². The van der Waals surface area contributed by atoms with Crippen molar-refractivity contribution in [3.8, 4) is 0 Å². The molecule has 4 nitrogen and oxygen atoms in total. The molecule has 21 heavy (non-hydrogen) atoms. The SMILES string of the molecule is CCCN1CCOC(C(Cc2ccc(F)cc2Cl)NN)C1. The molecule has 1 aliphatic rings. The predicted molar refractivity (Wildman–Crippen MR) is 82.7 cm³/mol. The maximum Gasteiger partial charge on any atom is 0.124 e. The highest BCUT2D eigenvalue weighted by Gasteiger charge is 2.27. The molecule has 0 spiro atoms. The van der Waals surface area contributed by atoms with E-state index in [2.05, 4.69) is 17.2 Å². The molecule has 1 aliphatic heterocycles. The fourth-order valence-electron chi connectivity index (χ4n) is 2.72. The molecule has 2 rings (SSSR count). The largest absolute Gasteiger partial charge is 0.374 e. The molecule has 6 heteroatoms. The van der Waals surface area contributed by atoms with Gasteiger partial charge in [-0.15, -0.1) is 0 Å². The minimum atomic E-state index is -0.330. The van der Waals surface area contributed by atoms with Gasteiger partial charge in [-0.3, -0.25) is 16.2 Å². The third-order valence-corrected chi connectivity index (χ3v) is 4.19. The van der Waals surface area contributed by atoms with E-state index >= 15 is 0 Å². The zero-order valence-electron chi connectivity index (χ0n) is 12.3. The van der Waals surface area contributed by atoms with Gasteiger partial charge in [0.2, 0.25) is 0 Å². The van der Waals surface area contributed by atoms with Gasteiger partial charge in [0.1, 0.15) is 5.82 Å². The van der Waals surface area contributed by atoms with Crippen LogP contribution in [0.1, 0.15) is 18.9 Å². The van der Waals surface area contributed by atoms with Crippen molar-refractivity contribution in [3.05, 3.63) is 34.6 Å². The van der Waals surface area contributed by atoms with Gasteiger partial charge >= 0.3 is 0 Å². The van der Waals surface area contributed by atoms with Crippen molar-refractivity contribution in [1.29, 1.82) is 0 Å². The minimum Gasteiger partial charge on any atom is -0.374 e. The second kappa shape index (κ2) is 8.06. The van der Waals surface area contributed by atoms with Crippen LogP contribution in [-0.4, -0.2) is 43.3 Å². The van der Waals surface area contributed by atoms with Crippen molar-refractivity contribution in [2.45, 2.75) is 31.9 Å². The van der Waals surface area contributed by atoms with Crippen molar-refractivity contribution in [3.63, 3.8) is 0 Å². The summed E-state index contributed by atoms with van der Waals surface area (Å²) in [5.41, 5.74) is 3.69. The van der Waals surface area contributed by atoms with Crippen molar-refractivity contribution < 1.29 is 9.13 Å². The Kier molecular flexibility index (Phi) is 6.39. The van der Waals surface area contributed by atoms with Gasteiger partial charge < -0.3 is 4.74 Å². The first kappa shape index (κ1) is 16.6. The molecule has 118 valence electrons. The zero-order valence-corrected chi connectivity index (χ0v) is 13.1. The van der Waals surface area contributed by atoms with Crippen LogP contribution in [0.4, 0.5) is 4.39 Å². The van der Waals surface area contributed by atoms with E-state index in [4.69, 9.17) is 22.2 Å². The number of ether oxygens (including phenoxy) is 1. The van der Waals surface area contributed by atoms with Crippen molar-refractivity contribution >= 4 is 11.6 Å². The summed E-state index contributed by atoms with van der Waals surface area (Å²) in [6.45, 7) is 5.75. The molecular formula is C15H23ClFN3O. The quantitative estimate of drug-likeness (QED) is 0.622. The molecule has 1 heterocycles. The van der Waals surface area contributed by atoms with Gasteiger partial charge in [-0.2, -0.15) is 0 Å². The molecule has 0 saturated carbocycles. The number of hydrogen-bond acceptors (Lipinski definition) is 4. The normalized spacial score (nSPS) is 21.4. The fraction of sp³-hybridized carbons (Fsp3) is 0.600. The summed E-state index contributed by atoms with van der Waals surface area (Å²) in [6.07, 6.45) is 1.74. The molecule has 0 aliphatic carbocycles. The number of hydrazine groups is 1. The lowest BCUT2D eigenvalue weighted by atomic mass is 10.0. The van der Waals surface area contributed by atoms with Gasteiger partial charge in [-0.1, -0.05) is 24.6 Å². The summed E-state index contributed by atoms with van der Waals surface area (Å²) < 4.78 is 18.9. The van der Waals surface area contributed by atoms with Crippen molar-refractivity contribution in [2.24, 2.45) is 5.84 Å². The molecule has 0 radical (unpaired) electrons. The van der Waals surface area contributed by atoms with Crippen molar-refractivity contribution in [1.82, 2.24) is 10.3 Å². The summed E-state index contributed by atoms with van der Waals surface area (Å²) in [4.78, 5) is 2.38. The van der Waals surface area contributed by atoms with Crippen LogP contribution in [0.5, 0.6) is 0 Å². The maximum absolute atomic E-state index is 13.1. The van der Waals surface area contributed by atoms with E-state index in [-0.39, 0.29) is 18.0 Å². The molecular weight excluding hydrogens is 293 g/mol. The van der Waals surface area contributed by atoms with E-state index in [9.17, 15) is 4.39 Å². The Bertz CT molecular complexity index is 459. The van der Waals surface area contributed by atoms with Gasteiger partial charge in [0, 0.05) is 18.1 Å². The molecule has 0 bridgehead atoms. The molecule has 1 aromatic rings. The maximum atomic E-state index is 13.1. The Morgan fingerprint density at radius 2 is 2.38 bits per heavy atom. The third-order valence-electron chi connectivity index (χ3n) is 3.84. The van der Waals surface area contributed by atoms with Crippen LogP contribution in [0.25, 0.3) is 0 Å². The van der Waals surface area contributed by atoms with Crippen LogP contribution in [0, 0.1) is 5.82 Å². The first-order valence-corrected chi connectivity index (χ1v) is 7.75. The topological polar surface area (TPSA) is 50.5 Å². The number of hydrogen-bond donors (Lipinski definition) is 2. The number of rotatable bonds is 6. The van der Waals surface area contributed by atoms with E-state index in [1.54, 1.807) is 6.07 Å². The van der Waals surface area contributed by atoms with Crippen LogP contribution < -0.4 is 11.3 Å². The minimum absolute atomic E-state index is 0.0106. The van der Waals surface area contributed by atoms with E-state index < -0.39 is 0 Å². The highest BCUT2D eigenvalue weighted by Crippen LogP contribution is 2.21. The molecule has 1 aromatic carbocycles. The van der Waals surface area contributed by atoms with Gasteiger partial charge in [-0.05, 0) is 37.1 Å². The van der Waals surface area contributed by atoms with Crippen LogP contribution in [0.2, 0.25) is 5.02 Å². The molecule has 0 amide bonds. The number of nitrogens with two attached hydrogens (primary N) is 1. The standard InChI is InChI=1S/C15H23ClFN3O/c1-2-5-20-6-7-21-15(10-20)14(19-18)8-11-3-4-12(17)9-13(11)16/h3-4,9,14-15,19H,2,5-8,10,18H2,1H3. The molecule has 2 atom stereocenters. The third kappa shape index (κ3) is 4.63. The summed E-state index contributed by atoms with van der Waals surface area (Å²) in [7, 11) is 0. The van der Waals surface area contributed by atoms with Crippen LogP contribution in [-0.2, 0) is 11.2 Å². The average molecular weight is 316 g/mol. The number of morpholine rings is 1. The lowest BCUT2D eigenvalue weighted by molar-refractivity contribution is -0.0462. The van der Waals surface area contributed by atoms with E-state index in [1.807, 2.05) is 0 Å². The Morgan fingerprint density at radius 1 is 1.57 bits per heavy atom. The lowest BCUT2D eigenvalue weighted by Gasteiger charge is -2.36. The van der Waals surface area contributed by atoms with Crippen molar-refractivity contribution in [2.75, 3.05) is 26.2 Å². The monoisotopic (exact) mass is 315 g/mol. The summed E-state index contributed by atoms with van der Waals surface area (Å²) in [5, 5.41) is 0.427. The highest BCUT2D eigenvalue weighted by molar-refractivity contribution is 6.31. The Morgan fingerprint density at radius 3 is 3.05 bits per heavy atom. The Hall–Kier alpha value is -0.720. The number of benzene rings is 1. The van der Waals surface area contributed by atoms with Gasteiger partial charge in [-0.25, -0.2) is 4.39 Å². The number of halogens is 2. The highest BCUT2D eigenvalue weighted by atomic mass is 35.5. The smallest absolute Gasteiger partial charge is 0.124 e. The molecule has 1 saturated heterocycles. The number of nitrogens with zero attached hydrogens (tertiary/aromatic N) is 1. The van der Waals surface area contributed by atoms with E-state index in [0.29, 0.717) is 18.1 Å². The average Bonchev–Trinajstić information content (AvgIpc) is 2.47. The van der Waals surface area contributed by atoms with E-state index in [1.165, 1.54) is 12.1 Å². The van der Waals surface area contributed by atoms with E-state index in [0.717, 1.165) is 31.6 Å². The van der Waals surface area contributed by atoms with Crippen LogP contribution in [0.15, 0.2) is 18.2 Å². The summed E-state index contributed by atoms with van der Waals surface area (Å²) in [5.74, 6) is 5.36. The second-order valence-electron chi connectivity index (χ2n) is 5.42. The first-order chi connectivity index (χ1) is 10.1. The molecule has 2 unspecified atom stereocenters. The Balaban J connectivity index is 2.01. The summed E-state index contributed by atoms with van der Waals surface area (Å²) >= 11 is 6.09. The Labute approximate surface area is 130 Å². The summed E-state index contributed by atoms with van der Waals surface area (Å²) in [6, 6.07) is 4.40. The predicted octanol–water partition coefficient (Wildman–Crippen LogP) is 1.96. The molecule has 3 N–H and O–H groups in total. The van der Waals surface area contributed by atoms with Gasteiger partial charge in [0.05, 0.1) is 18.8 Å².